The summed E-state index contributed by atoms with van der Waals surface area (Å²) in [5.41, 5.74) is 3.74. The number of rotatable bonds is 5. The van der Waals surface area contributed by atoms with Gasteiger partial charge in [-0.1, -0.05) is 18.2 Å². The average molecular weight is 375 g/mol. The fourth-order valence-corrected chi connectivity index (χ4v) is 3.45. The SMILES string of the molecule is CN1CCN(c2ccc(NC(=O)CNc3cccc4cccnc34)cc2)CC1. The number of carbonyl (C=O) groups excluding carboxylic acids is 1. The third kappa shape index (κ3) is 4.23. The Morgan fingerprint density at radius 3 is 2.54 bits per heavy atom. The minimum Gasteiger partial charge on any atom is -0.374 e. The van der Waals surface area contributed by atoms with E-state index in [2.05, 4.69) is 44.6 Å². The first kappa shape index (κ1) is 18.3. The maximum Gasteiger partial charge on any atom is 0.243 e. The first-order valence-corrected chi connectivity index (χ1v) is 9.60. The van der Waals surface area contributed by atoms with E-state index < -0.39 is 0 Å². The number of nitrogens with zero attached hydrogens (tertiary/aromatic N) is 3. The van der Waals surface area contributed by atoms with Crippen LogP contribution in [0.5, 0.6) is 0 Å². The van der Waals surface area contributed by atoms with E-state index in [9.17, 15) is 4.79 Å². The normalized spacial score (nSPS) is 14.8. The molecule has 3 aromatic rings. The fourth-order valence-electron chi connectivity index (χ4n) is 3.45. The molecule has 2 aromatic carbocycles. The molecule has 1 amide bonds. The number of carbonyl (C=O) groups is 1. The highest BCUT2D eigenvalue weighted by atomic mass is 16.1. The molecule has 6 heteroatoms. The molecule has 0 aliphatic carbocycles. The molecular formula is C22H25N5O. The summed E-state index contributed by atoms with van der Waals surface area (Å²) in [6, 6.07) is 17.9. The van der Waals surface area contributed by atoms with Gasteiger partial charge in [-0.15, -0.1) is 0 Å². The van der Waals surface area contributed by atoms with Crippen LogP contribution in [0.2, 0.25) is 0 Å². The van der Waals surface area contributed by atoms with E-state index in [1.54, 1.807) is 6.20 Å². The van der Waals surface area contributed by atoms with Gasteiger partial charge in [-0.3, -0.25) is 9.78 Å². The van der Waals surface area contributed by atoms with Gasteiger partial charge in [-0.2, -0.15) is 0 Å². The molecule has 0 unspecified atom stereocenters. The number of anilines is 3. The lowest BCUT2D eigenvalue weighted by Gasteiger charge is -2.34. The molecule has 0 radical (unpaired) electrons. The lowest BCUT2D eigenvalue weighted by atomic mass is 10.2. The second-order valence-electron chi connectivity index (χ2n) is 7.12. The van der Waals surface area contributed by atoms with Crippen molar-refractivity contribution in [2.45, 2.75) is 0 Å². The number of para-hydroxylation sites is 1. The van der Waals surface area contributed by atoms with Crippen molar-refractivity contribution < 1.29 is 4.79 Å². The maximum absolute atomic E-state index is 12.3. The Bertz CT molecular complexity index is 943. The highest BCUT2D eigenvalue weighted by molar-refractivity contribution is 5.96. The van der Waals surface area contributed by atoms with E-state index in [-0.39, 0.29) is 12.5 Å². The number of likely N-dealkylation sites (N-methyl/N-ethyl adjacent to an activating group) is 1. The summed E-state index contributed by atoms with van der Waals surface area (Å²) in [5, 5.41) is 7.18. The van der Waals surface area contributed by atoms with Gasteiger partial charge < -0.3 is 20.4 Å². The van der Waals surface area contributed by atoms with Crippen LogP contribution in [-0.4, -0.2) is 55.6 Å². The first-order chi connectivity index (χ1) is 13.7. The van der Waals surface area contributed by atoms with Gasteiger partial charge in [0, 0.05) is 49.1 Å². The molecule has 0 bridgehead atoms. The molecule has 1 aliphatic rings. The Hall–Kier alpha value is -3.12. The number of aromatic nitrogens is 1. The van der Waals surface area contributed by atoms with E-state index in [0.29, 0.717) is 0 Å². The van der Waals surface area contributed by atoms with Gasteiger partial charge in [0.1, 0.15) is 0 Å². The van der Waals surface area contributed by atoms with E-state index in [4.69, 9.17) is 0 Å². The summed E-state index contributed by atoms with van der Waals surface area (Å²) >= 11 is 0. The molecule has 2 N–H and O–H groups in total. The minimum absolute atomic E-state index is 0.0831. The van der Waals surface area contributed by atoms with Crippen LogP contribution in [0.3, 0.4) is 0 Å². The Morgan fingerprint density at radius 1 is 1.00 bits per heavy atom. The quantitative estimate of drug-likeness (QED) is 0.718. The van der Waals surface area contributed by atoms with Gasteiger partial charge in [0.15, 0.2) is 0 Å². The van der Waals surface area contributed by atoms with Crippen molar-refractivity contribution in [1.29, 1.82) is 0 Å². The summed E-state index contributed by atoms with van der Waals surface area (Å²) in [6.07, 6.45) is 1.76. The van der Waals surface area contributed by atoms with E-state index >= 15 is 0 Å². The first-order valence-electron chi connectivity index (χ1n) is 9.60. The number of fused-ring (bicyclic) bond motifs is 1. The molecular weight excluding hydrogens is 350 g/mol. The van der Waals surface area contributed by atoms with E-state index in [1.807, 2.05) is 42.5 Å². The highest BCUT2D eigenvalue weighted by Gasteiger charge is 2.14. The summed E-state index contributed by atoms with van der Waals surface area (Å²) in [4.78, 5) is 21.4. The largest absolute Gasteiger partial charge is 0.374 e. The molecule has 2 heterocycles. The van der Waals surface area contributed by atoms with Gasteiger partial charge in [-0.05, 0) is 43.4 Å². The number of nitrogens with one attached hydrogen (secondary N) is 2. The molecule has 1 saturated heterocycles. The molecule has 0 spiro atoms. The number of hydrogen-bond donors (Lipinski definition) is 2. The van der Waals surface area contributed by atoms with Crippen LogP contribution < -0.4 is 15.5 Å². The topological polar surface area (TPSA) is 60.5 Å². The molecule has 0 atom stereocenters. The van der Waals surface area contributed by atoms with Crippen molar-refractivity contribution in [2.24, 2.45) is 0 Å². The number of pyridine rings is 1. The van der Waals surface area contributed by atoms with Crippen LogP contribution >= 0.6 is 0 Å². The molecule has 4 rings (SSSR count). The zero-order chi connectivity index (χ0) is 19.3. The standard InChI is InChI=1S/C22H25N5O/c1-26-12-14-27(15-13-26)19-9-7-18(8-10-19)25-21(28)16-24-20-6-2-4-17-5-3-11-23-22(17)20/h2-11,24H,12-16H2,1H3,(H,25,28). The highest BCUT2D eigenvalue weighted by Crippen LogP contribution is 2.21. The maximum atomic E-state index is 12.3. The van der Waals surface area contributed by atoms with Gasteiger partial charge in [0.05, 0.1) is 17.7 Å². The molecule has 144 valence electrons. The van der Waals surface area contributed by atoms with Crippen molar-refractivity contribution in [1.82, 2.24) is 9.88 Å². The zero-order valence-electron chi connectivity index (χ0n) is 16.1. The fraction of sp³-hybridized carbons (Fsp3) is 0.273. The summed E-state index contributed by atoms with van der Waals surface area (Å²) in [6.45, 7) is 4.41. The van der Waals surface area contributed by atoms with Gasteiger partial charge >= 0.3 is 0 Å². The van der Waals surface area contributed by atoms with Crippen LogP contribution in [0.25, 0.3) is 10.9 Å². The van der Waals surface area contributed by atoms with Gasteiger partial charge in [0.25, 0.3) is 0 Å². The molecule has 1 fully saturated rings. The number of hydrogen-bond acceptors (Lipinski definition) is 5. The van der Waals surface area contributed by atoms with Crippen molar-refractivity contribution >= 4 is 33.9 Å². The van der Waals surface area contributed by atoms with E-state index in [1.165, 1.54) is 5.69 Å². The van der Waals surface area contributed by atoms with Crippen LogP contribution in [0, 0.1) is 0 Å². The summed E-state index contributed by atoms with van der Waals surface area (Å²) in [7, 11) is 2.15. The molecule has 1 aromatic heterocycles. The van der Waals surface area contributed by atoms with Crippen LogP contribution in [0.1, 0.15) is 0 Å². The van der Waals surface area contributed by atoms with Crippen molar-refractivity contribution in [3.8, 4) is 0 Å². The number of piperazine rings is 1. The molecule has 0 saturated carbocycles. The molecule has 1 aliphatic heterocycles. The monoisotopic (exact) mass is 375 g/mol. The number of benzene rings is 2. The van der Waals surface area contributed by atoms with Gasteiger partial charge in [0.2, 0.25) is 5.91 Å². The minimum atomic E-state index is -0.0831. The Kier molecular flexibility index (Phi) is 5.39. The smallest absolute Gasteiger partial charge is 0.243 e. The van der Waals surface area contributed by atoms with Crippen LogP contribution in [-0.2, 0) is 4.79 Å². The predicted molar refractivity (Wildman–Crippen MR) is 115 cm³/mol. The third-order valence-corrected chi connectivity index (χ3v) is 5.09. The second-order valence-corrected chi connectivity index (χ2v) is 7.12. The Balaban J connectivity index is 1.33. The van der Waals surface area contributed by atoms with Crippen molar-refractivity contribution in [3.63, 3.8) is 0 Å². The average Bonchev–Trinajstić information content (AvgIpc) is 2.73. The van der Waals surface area contributed by atoms with Gasteiger partial charge in [-0.25, -0.2) is 0 Å². The Morgan fingerprint density at radius 2 is 1.75 bits per heavy atom. The predicted octanol–water partition coefficient (Wildman–Crippen LogP) is 3.04. The zero-order valence-corrected chi connectivity index (χ0v) is 16.1. The van der Waals surface area contributed by atoms with E-state index in [0.717, 1.165) is 48.5 Å². The lowest BCUT2D eigenvalue weighted by Crippen LogP contribution is -2.44. The number of amides is 1. The molecule has 28 heavy (non-hydrogen) atoms. The van der Waals surface area contributed by atoms with Crippen molar-refractivity contribution in [2.75, 3.05) is 55.3 Å². The summed E-state index contributed by atoms with van der Waals surface area (Å²) in [5.74, 6) is -0.0831. The van der Waals surface area contributed by atoms with Crippen LogP contribution in [0.15, 0.2) is 60.8 Å². The Labute approximate surface area is 165 Å². The third-order valence-electron chi connectivity index (χ3n) is 5.09. The molecule has 6 nitrogen and oxygen atoms in total. The second kappa shape index (κ2) is 8.27. The summed E-state index contributed by atoms with van der Waals surface area (Å²) < 4.78 is 0. The van der Waals surface area contributed by atoms with Crippen molar-refractivity contribution in [3.05, 3.63) is 60.8 Å². The van der Waals surface area contributed by atoms with Crippen LogP contribution in [0.4, 0.5) is 17.1 Å². The lowest BCUT2D eigenvalue weighted by molar-refractivity contribution is -0.114.